The molecule has 4 fully saturated rings. The fourth-order valence-electron chi connectivity index (χ4n) is 16.6. The molecule has 0 aromatic rings. The largest absolute Gasteiger partial charge is 0.870 e. The molecule has 19 atom stereocenters. The summed E-state index contributed by atoms with van der Waals surface area (Å²) in [4.78, 5) is 97.9. The first-order valence-electron chi connectivity index (χ1n) is 31.5. The number of rotatable bonds is 26. The van der Waals surface area contributed by atoms with Crippen LogP contribution in [0.15, 0.2) is 49.3 Å². The number of aliphatic imine (C=N–C) groups is 3. The maximum absolute atomic E-state index is 14.4. The molecule has 5 amide bonds. The van der Waals surface area contributed by atoms with E-state index in [2.05, 4.69) is 24.5 Å². The summed E-state index contributed by atoms with van der Waals surface area (Å²) in [5.74, 6) is -6.97. The van der Waals surface area contributed by atoms with Crippen LogP contribution in [-0.2, 0) is 59.1 Å². The minimum Gasteiger partial charge on any atom is -0.870 e. The van der Waals surface area contributed by atoms with Gasteiger partial charge < -0.3 is 85.2 Å². The van der Waals surface area contributed by atoms with Crippen molar-refractivity contribution in [2.45, 2.75) is 214 Å². The Labute approximate surface area is 560 Å². The van der Waals surface area contributed by atoms with E-state index in [1.54, 1.807) is 6.92 Å². The normalized spacial score (nSPS) is 36.0. The molecule has 19 unspecified atom stereocenters. The van der Waals surface area contributed by atoms with E-state index in [1.807, 2.05) is 59.4 Å². The molecule has 93 heavy (non-hydrogen) atoms. The van der Waals surface area contributed by atoms with Crippen LogP contribution in [0.4, 0.5) is 0 Å². The van der Waals surface area contributed by atoms with Crippen molar-refractivity contribution < 1.29 is 89.9 Å². The third-order valence-electron chi connectivity index (χ3n) is 22.0. The molecule has 1 aliphatic carbocycles. The Balaban J connectivity index is 0.00000523. The first kappa shape index (κ1) is 78.7. The van der Waals surface area contributed by atoms with E-state index in [4.69, 9.17) is 67.8 Å². The number of nitrogens with one attached hydrogen (secondary N) is 4. The Bertz CT molecular complexity index is 3170. The Morgan fingerprint density at radius 1 is 0.892 bits per heavy atom. The number of nitrogens with two attached hydrogens (primary N) is 4. The first-order chi connectivity index (χ1) is 41.8. The van der Waals surface area contributed by atoms with E-state index in [1.165, 1.54) is 6.92 Å². The summed E-state index contributed by atoms with van der Waals surface area (Å²) in [5, 5.41) is 74.3. The first-order valence-corrected chi connectivity index (χ1v) is 33.0. The number of halogens is 1. The van der Waals surface area contributed by atoms with Crippen molar-refractivity contribution in [1.82, 2.24) is 15.5 Å². The topological polar surface area (TPSA) is 497 Å². The number of nitrogens with zero attached hydrogens (tertiary/aromatic N) is 5. The summed E-state index contributed by atoms with van der Waals surface area (Å²) in [5.41, 5.74) is 22.2. The molecular formula is C62H97ClCoN13O15P-4. The number of allylic oxidation sites excluding steroid dienone is 6. The summed E-state index contributed by atoms with van der Waals surface area (Å²) >= 11 is 0. The summed E-state index contributed by atoms with van der Waals surface area (Å²) in [7, 11) is -5.03. The zero-order valence-electron chi connectivity index (χ0n) is 55.0. The minimum absolute atomic E-state index is 0. The molecule has 8 aliphatic rings. The third-order valence-corrected chi connectivity index (χ3v) is 23.1. The Morgan fingerprint density at radius 2 is 1.49 bits per heavy atom. The number of aliphatic hydroxyl groups is 2. The van der Waals surface area contributed by atoms with Crippen molar-refractivity contribution in [3.63, 3.8) is 0 Å². The van der Waals surface area contributed by atoms with Gasteiger partial charge in [-0.05, 0) is 120 Å². The average molecular weight is 1390 g/mol. The van der Waals surface area contributed by atoms with Crippen molar-refractivity contribution >= 4 is 78.7 Å². The molecule has 16 N–H and O–H groups in total. The van der Waals surface area contributed by atoms with E-state index in [0.29, 0.717) is 57.2 Å². The molecule has 7 heterocycles. The predicted molar refractivity (Wildman–Crippen MR) is 341 cm³/mol. The number of hydrogen-bond donors (Lipinski definition) is 11. The van der Waals surface area contributed by atoms with Crippen molar-refractivity contribution in [2.24, 2.45) is 95.1 Å². The smallest absolute Gasteiger partial charge is 0.472 e. The molecule has 8 bridgehead atoms. The van der Waals surface area contributed by atoms with E-state index in [0.717, 1.165) is 12.8 Å². The van der Waals surface area contributed by atoms with Crippen LogP contribution in [0, 0.1) is 68.0 Å². The number of primary amides is 4. The summed E-state index contributed by atoms with van der Waals surface area (Å²) < 4.78 is 30.9. The SMILES string of the molecule is CC1=C2N=C(C=C3NC(=C(C)C4=NC(C)(C5N=C1C(C)(CCC(=O)NCC(C)OP(=O)(O)OC1C(CO)OC(N6C[N-]C7CC(C)C(C)CC76)C1O)C5CC(N)=O)C(C)(CC(N)=O)C4CCC(N)=O)C(C)(CC(N)=O)C3CCC(=N)[O-])C(C)(C)C2CCC(=N)[O-].Cl.[Co].[OH-]. The molecule has 0 spiro atoms. The quantitative estimate of drug-likeness (QED) is 0.0337. The van der Waals surface area contributed by atoms with Crippen LogP contribution in [0.2, 0.25) is 0 Å². The van der Waals surface area contributed by atoms with Gasteiger partial charge in [-0.2, -0.15) is 0 Å². The summed E-state index contributed by atoms with van der Waals surface area (Å²) in [6, 6.07) is -1.05. The number of amides is 5. The number of aliphatic hydroxyl groups excluding tert-OH is 2. The van der Waals surface area contributed by atoms with Crippen LogP contribution >= 0.6 is 20.2 Å². The van der Waals surface area contributed by atoms with E-state index < -0.39 is 143 Å². The zero-order valence-corrected chi connectivity index (χ0v) is 57.7. The zero-order chi connectivity index (χ0) is 66.7. The second-order valence-electron chi connectivity index (χ2n) is 28.3. The summed E-state index contributed by atoms with van der Waals surface area (Å²) in [6.45, 7) is 20.0. The van der Waals surface area contributed by atoms with Gasteiger partial charge in [-0.15, -0.1) is 18.4 Å². The number of carbonyl (C=O) groups excluding carboxylic acids is 5. The molecule has 0 aromatic carbocycles. The maximum atomic E-state index is 14.4. The number of fused-ring (bicyclic) bond motifs is 7. The Hall–Kier alpha value is -5.01. The van der Waals surface area contributed by atoms with Crippen LogP contribution in [0.1, 0.15) is 160 Å². The van der Waals surface area contributed by atoms with Gasteiger partial charge in [0.05, 0.1) is 24.3 Å². The van der Waals surface area contributed by atoms with Gasteiger partial charge in [0, 0.05) is 135 Å². The second-order valence-corrected chi connectivity index (χ2v) is 29.7. The van der Waals surface area contributed by atoms with Crippen LogP contribution in [0.5, 0.6) is 0 Å². The molecule has 31 heteroatoms. The molecule has 1 saturated carbocycles. The average Bonchev–Trinajstić information content (AvgIpc) is 1.53. The molecular weight excluding hydrogens is 1290 g/mol. The van der Waals surface area contributed by atoms with E-state index in [-0.39, 0.29) is 131 Å². The molecule has 7 aliphatic heterocycles. The fraction of sp³-hybridized carbons (Fsp3) is 0.742. The standard InChI is InChI=1S/C62H97N13O14P.ClH.Co.H2O/c1-29-20-39-40(21-30(29)2)75(28-70-39)57-52(84)53(41(27-76)87-57)89-90(85,86)88-31(3)26-69-49(83)18-19-59(8)37(22-46(66)80)56-62(11)61(10,25-48(68)82)36(14-17-45(65)79)51(74-62)33(5)55-60(9,24-47(67)81)34(12-15-43(63)77)38(71-55)23-42-58(6,7)35(13-16-44(64)78)50(72-42)32(4)54(59)73-56;;;/h23,29-31,34-37,39-41,52-53,56-57,71,76,84H,12-22,24-28H2,1-11H3,(H2,63,77)(H2,64,78)(H2,65,79)(H2,66,80)(H2,67,81)(H2,68,82)(H,69,83)(H,85,86);1H;;1H2/q-1;;;/p-3. The van der Waals surface area contributed by atoms with Gasteiger partial charge in [0.2, 0.25) is 29.5 Å². The monoisotopic (exact) mass is 1390 g/mol. The van der Waals surface area contributed by atoms with Crippen LogP contribution in [0.3, 0.4) is 0 Å². The Kier molecular flexibility index (Phi) is 25.2. The molecule has 525 valence electrons. The molecule has 0 aromatic heterocycles. The summed E-state index contributed by atoms with van der Waals surface area (Å²) in [6.07, 6.45) is -4.01. The van der Waals surface area contributed by atoms with Gasteiger partial charge in [-0.25, -0.2) is 4.57 Å². The van der Waals surface area contributed by atoms with Gasteiger partial charge >= 0.3 is 7.82 Å². The number of phosphoric acid groups is 1. The van der Waals surface area contributed by atoms with Crippen molar-refractivity contribution in [3.8, 4) is 0 Å². The van der Waals surface area contributed by atoms with Crippen molar-refractivity contribution in [1.29, 1.82) is 10.8 Å². The third kappa shape index (κ3) is 15.4. The van der Waals surface area contributed by atoms with Gasteiger partial charge in [-0.3, -0.25) is 52.9 Å². The number of carbonyl (C=O) groups is 5. The molecule has 28 nitrogen and oxygen atoms in total. The number of hydrogen-bond acceptors (Lipinski definition) is 21. The van der Waals surface area contributed by atoms with Gasteiger partial charge in [0.15, 0.2) is 0 Å². The van der Waals surface area contributed by atoms with Crippen molar-refractivity contribution in [2.75, 3.05) is 19.8 Å². The second kappa shape index (κ2) is 29.8. The van der Waals surface area contributed by atoms with Crippen LogP contribution in [0.25, 0.3) is 5.32 Å². The minimum atomic E-state index is -5.03. The number of ether oxygens (including phenoxy) is 1. The van der Waals surface area contributed by atoms with E-state index >= 15 is 0 Å². The van der Waals surface area contributed by atoms with E-state index in [9.17, 15) is 53.9 Å². The predicted octanol–water partition coefficient (Wildman–Crippen LogP) is 2.72. The van der Waals surface area contributed by atoms with Gasteiger partial charge in [0.25, 0.3) is 0 Å². The van der Waals surface area contributed by atoms with Gasteiger partial charge in [-0.1, -0.05) is 61.6 Å². The Morgan fingerprint density at radius 3 is 2.08 bits per heavy atom. The number of phosphoric ester groups is 1. The van der Waals surface area contributed by atoms with Crippen molar-refractivity contribution in [3.05, 3.63) is 39.6 Å². The maximum Gasteiger partial charge on any atom is 0.472 e. The molecule has 3 saturated heterocycles. The fourth-order valence-corrected chi connectivity index (χ4v) is 17.8. The molecule has 8 rings (SSSR count). The van der Waals surface area contributed by atoms with Crippen LogP contribution in [-0.4, -0.2) is 158 Å². The van der Waals surface area contributed by atoms with Gasteiger partial charge in [0.1, 0.15) is 24.5 Å². The van der Waals surface area contributed by atoms with Crippen LogP contribution < -0.4 is 43.8 Å². The molecule has 1 radical (unpaired) electrons.